The Morgan fingerprint density at radius 2 is 2.55 bits per heavy atom. The van der Waals surface area contributed by atoms with E-state index in [1.165, 1.54) is 28.7 Å². The van der Waals surface area contributed by atoms with Gasteiger partial charge in [-0.05, 0) is 52.3 Å². The Morgan fingerprint density at radius 1 is 1.64 bits per heavy atom. The number of hydrogen-bond acceptors (Lipinski definition) is 2. The highest BCUT2D eigenvalue weighted by Crippen LogP contribution is 2.32. The third-order valence-corrected chi connectivity index (χ3v) is 3.82. The summed E-state index contributed by atoms with van der Waals surface area (Å²) in [6.45, 7) is 1.17. The van der Waals surface area contributed by atoms with Gasteiger partial charge in [-0.3, -0.25) is 0 Å². The molecule has 1 saturated heterocycles. The Hall–Kier alpha value is 0.140. The van der Waals surface area contributed by atoms with E-state index in [4.69, 9.17) is 0 Å². The predicted molar refractivity (Wildman–Crippen MR) is 52.0 cm³/mol. The van der Waals surface area contributed by atoms with E-state index in [0.717, 1.165) is 0 Å². The van der Waals surface area contributed by atoms with Crippen LogP contribution in [0.25, 0.3) is 0 Å². The summed E-state index contributed by atoms with van der Waals surface area (Å²) in [6, 6.07) is 2.81. The maximum atomic E-state index is 3.55. The van der Waals surface area contributed by atoms with Crippen molar-refractivity contribution in [3.05, 3.63) is 20.8 Å². The first-order chi connectivity index (χ1) is 5.38. The summed E-state index contributed by atoms with van der Waals surface area (Å²) in [5.41, 5.74) is 1.44. The van der Waals surface area contributed by atoms with Crippen LogP contribution in [0.1, 0.15) is 24.4 Å². The van der Waals surface area contributed by atoms with Crippen molar-refractivity contribution >= 4 is 27.3 Å². The van der Waals surface area contributed by atoms with Gasteiger partial charge in [-0.1, -0.05) is 0 Å². The minimum atomic E-state index is 0.607. The smallest absolute Gasteiger partial charge is 0.0746 e. The zero-order chi connectivity index (χ0) is 7.68. The Morgan fingerprint density at radius 3 is 3.09 bits per heavy atom. The summed E-state index contributed by atoms with van der Waals surface area (Å²) in [6.07, 6.45) is 2.60. The predicted octanol–water partition coefficient (Wildman–Crippen LogP) is 2.94. The van der Waals surface area contributed by atoms with Crippen molar-refractivity contribution in [2.75, 3.05) is 6.54 Å². The molecule has 1 atom stereocenters. The van der Waals surface area contributed by atoms with Gasteiger partial charge in [0.2, 0.25) is 0 Å². The highest BCUT2D eigenvalue weighted by atomic mass is 79.9. The van der Waals surface area contributed by atoms with Crippen molar-refractivity contribution in [1.29, 1.82) is 0 Å². The molecule has 0 aromatic carbocycles. The molecule has 1 unspecified atom stereocenters. The Kier molecular flexibility index (Phi) is 2.30. The second-order valence-electron chi connectivity index (χ2n) is 2.80. The lowest BCUT2D eigenvalue weighted by Gasteiger charge is -2.07. The Balaban J connectivity index is 2.21. The maximum absolute atomic E-state index is 3.55. The highest BCUT2D eigenvalue weighted by molar-refractivity contribution is 9.11. The van der Waals surface area contributed by atoms with E-state index in [-0.39, 0.29) is 0 Å². The van der Waals surface area contributed by atoms with E-state index < -0.39 is 0 Å². The summed E-state index contributed by atoms with van der Waals surface area (Å²) in [7, 11) is 0. The fourth-order valence-corrected chi connectivity index (χ4v) is 2.92. The van der Waals surface area contributed by atoms with E-state index >= 15 is 0 Å². The van der Waals surface area contributed by atoms with E-state index in [9.17, 15) is 0 Å². The van der Waals surface area contributed by atoms with Crippen LogP contribution in [0, 0.1) is 0 Å². The molecule has 1 aliphatic rings. The van der Waals surface area contributed by atoms with Gasteiger partial charge in [-0.2, -0.15) is 0 Å². The molecule has 2 rings (SSSR count). The maximum Gasteiger partial charge on any atom is 0.0746 e. The minimum absolute atomic E-state index is 0.607. The quantitative estimate of drug-likeness (QED) is 0.784. The molecule has 60 valence electrons. The molecule has 0 spiro atoms. The first-order valence-corrected chi connectivity index (χ1v) is 5.51. The number of hydrogen-bond donors (Lipinski definition) is 1. The molecule has 2 heterocycles. The summed E-state index contributed by atoms with van der Waals surface area (Å²) in [5, 5.41) is 5.61. The highest BCUT2D eigenvalue weighted by Gasteiger charge is 2.18. The van der Waals surface area contributed by atoms with Crippen LogP contribution in [0.3, 0.4) is 0 Å². The van der Waals surface area contributed by atoms with Gasteiger partial charge in [0.1, 0.15) is 0 Å². The van der Waals surface area contributed by atoms with Crippen LogP contribution < -0.4 is 5.32 Å². The topological polar surface area (TPSA) is 12.0 Å². The van der Waals surface area contributed by atoms with Crippen LogP contribution in [0.15, 0.2) is 15.2 Å². The number of rotatable bonds is 1. The normalized spacial score (nSPS) is 24.3. The van der Waals surface area contributed by atoms with Crippen molar-refractivity contribution in [1.82, 2.24) is 5.32 Å². The number of nitrogens with one attached hydrogen (secondary N) is 1. The zero-order valence-corrected chi connectivity index (χ0v) is 8.54. The fourth-order valence-electron chi connectivity index (χ4n) is 1.50. The molecule has 0 radical (unpaired) electrons. The van der Waals surface area contributed by atoms with Crippen molar-refractivity contribution < 1.29 is 0 Å². The summed E-state index contributed by atoms with van der Waals surface area (Å²) >= 11 is 5.32. The SMILES string of the molecule is Brc1sccc1C1CCCN1. The van der Waals surface area contributed by atoms with E-state index in [1.807, 2.05) is 0 Å². The fraction of sp³-hybridized carbons (Fsp3) is 0.500. The van der Waals surface area contributed by atoms with Gasteiger partial charge >= 0.3 is 0 Å². The molecular weight excluding hydrogens is 222 g/mol. The lowest BCUT2D eigenvalue weighted by Crippen LogP contribution is -2.12. The lowest BCUT2D eigenvalue weighted by molar-refractivity contribution is 0.648. The third-order valence-electron chi connectivity index (χ3n) is 2.08. The third kappa shape index (κ3) is 1.50. The van der Waals surface area contributed by atoms with Crippen molar-refractivity contribution in [3.8, 4) is 0 Å². The van der Waals surface area contributed by atoms with Crippen molar-refractivity contribution in [2.24, 2.45) is 0 Å². The van der Waals surface area contributed by atoms with Crippen LogP contribution in [0.5, 0.6) is 0 Å². The first kappa shape index (κ1) is 7.77. The Labute approximate surface area is 78.9 Å². The van der Waals surface area contributed by atoms with Gasteiger partial charge in [-0.25, -0.2) is 0 Å². The second-order valence-corrected chi connectivity index (χ2v) is 5.03. The molecule has 1 fully saturated rings. The number of thiophene rings is 1. The van der Waals surface area contributed by atoms with E-state index in [0.29, 0.717) is 6.04 Å². The second kappa shape index (κ2) is 3.25. The van der Waals surface area contributed by atoms with Crippen molar-refractivity contribution in [3.63, 3.8) is 0 Å². The minimum Gasteiger partial charge on any atom is -0.310 e. The largest absolute Gasteiger partial charge is 0.310 e. The van der Waals surface area contributed by atoms with E-state index in [1.54, 1.807) is 11.3 Å². The van der Waals surface area contributed by atoms with Crippen LogP contribution in [0.2, 0.25) is 0 Å². The van der Waals surface area contributed by atoms with Crippen LogP contribution in [-0.4, -0.2) is 6.54 Å². The molecule has 3 heteroatoms. The average Bonchev–Trinajstić information content (AvgIpc) is 2.55. The van der Waals surface area contributed by atoms with Gasteiger partial charge in [0.15, 0.2) is 0 Å². The van der Waals surface area contributed by atoms with Crippen LogP contribution in [-0.2, 0) is 0 Å². The molecule has 0 amide bonds. The molecule has 1 N–H and O–H groups in total. The molecule has 0 bridgehead atoms. The molecule has 1 nitrogen and oxygen atoms in total. The standard InChI is InChI=1S/C8H10BrNS/c9-8-6(3-5-11-8)7-2-1-4-10-7/h3,5,7,10H,1-2,4H2. The monoisotopic (exact) mass is 231 g/mol. The Bertz CT molecular complexity index is 240. The molecule has 11 heavy (non-hydrogen) atoms. The molecule has 1 aromatic heterocycles. The first-order valence-electron chi connectivity index (χ1n) is 3.84. The van der Waals surface area contributed by atoms with Crippen LogP contribution >= 0.6 is 27.3 Å². The van der Waals surface area contributed by atoms with Gasteiger partial charge in [0, 0.05) is 6.04 Å². The molecule has 1 aromatic rings. The molecule has 1 aliphatic heterocycles. The molecule has 0 aliphatic carbocycles. The van der Waals surface area contributed by atoms with Gasteiger partial charge in [0.25, 0.3) is 0 Å². The molecule has 0 saturated carbocycles. The van der Waals surface area contributed by atoms with Gasteiger partial charge in [0.05, 0.1) is 3.79 Å². The average molecular weight is 232 g/mol. The summed E-state index contributed by atoms with van der Waals surface area (Å²) in [5.74, 6) is 0. The summed E-state index contributed by atoms with van der Waals surface area (Å²) in [4.78, 5) is 0. The lowest BCUT2D eigenvalue weighted by atomic mass is 10.1. The van der Waals surface area contributed by atoms with Crippen LogP contribution in [0.4, 0.5) is 0 Å². The molecular formula is C8H10BrNS. The van der Waals surface area contributed by atoms with Gasteiger partial charge < -0.3 is 5.32 Å². The van der Waals surface area contributed by atoms with Gasteiger partial charge in [-0.15, -0.1) is 11.3 Å². The van der Waals surface area contributed by atoms with Crippen molar-refractivity contribution in [2.45, 2.75) is 18.9 Å². The van der Waals surface area contributed by atoms with E-state index in [2.05, 4.69) is 32.7 Å². The number of halogens is 1. The summed E-state index contributed by atoms with van der Waals surface area (Å²) < 4.78 is 1.29. The zero-order valence-electron chi connectivity index (χ0n) is 6.14.